The molecule has 1 heterocycles. The summed E-state index contributed by atoms with van der Waals surface area (Å²) in [5, 5.41) is 6.03. The Morgan fingerprint density at radius 3 is 3.07 bits per heavy atom. The minimum Gasteiger partial charge on any atom is -0.324 e. The highest BCUT2D eigenvalue weighted by Gasteiger charge is 2.25. The van der Waals surface area contributed by atoms with E-state index in [1.54, 1.807) is 11.8 Å². The summed E-state index contributed by atoms with van der Waals surface area (Å²) in [6, 6.07) is 7.92. The van der Waals surface area contributed by atoms with Gasteiger partial charge in [0.25, 0.3) is 0 Å². The van der Waals surface area contributed by atoms with Crippen LogP contribution < -0.4 is 10.6 Å². The summed E-state index contributed by atoms with van der Waals surface area (Å²) in [7, 11) is 1.90. The largest absolute Gasteiger partial charge is 0.324 e. The maximum absolute atomic E-state index is 11.7. The van der Waals surface area contributed by atoms with E-state index in [0.717, 1.165) is 18.7 Å². The first kappa shape index (κ1) is 10.5. The minimum absolute atomic E-state index is 0.0346. The minimum atomic E-state index is 0.0346. The van der Waals surface area contributed by atoms with Gasteiger partial charge in [0, 0.05) is 4.90 Å². The molecule has 0 aliphatic carbocycles. The Bertz CT molecular complexity index is 367. The number of thioether (sulfide) groups is 1. The quantitative estimate of drug-likeness (QED) is 0.818. The Kier molecular flexibility index (Phi) is 3.28. The van der Waals surface area contributed by atoms with Gasteiger partial charge in [-0.1, -0.05) is 12.1 Å². The fourth-order valence-corrected chi connectivity index (χ4v) is 2.67. The first-order valence-corrected chi connectivity index (χ1v) is 5.90. The number of carbonyl (C=O) groups excluding carboxylic acids is 1. The number of anilines is 1. The van der Waals surface area contributed by atoms with Crippen LogP contribution in [0.4, 0.5) is 5.69 Å². The molecular weight excluding hydrogens is 208 g/mol. The second-order valence-corrected chi connectivity index (χ2v) is 4.73. The second kappa shape index (κ2) is 4.68. The van der Waals surface area contributed by atoms with Gasteiger partial charge in [-0.15, -0.1) is 11.8 Å². The molecule has 0 fully saturated rings. The lowest BCUT2D eigenvalue weighted by Gasteiger charge is -2.23. The van der Waals surface area contributed by atoms with E-state index in [4.69, 9.17) is 0 Å². The van der Waals surface area contributed by atoms with E-state index in [1.807, 2.05) is 31.3 Å². The summed E-state index contributed by atoms with van der Waals surface area (Å²) in [6.45, 7) is 0.868. The van der Waals surface area contributed by atoms with Gasteiger partial charge in [0.15, 0.2) is 0 Å². The molecule has 2 rings (SSSR count). The second-order valence-electron chi connectivity index (χ2n) is 3.48. The zero-order valence-corrected chi connectivity index (χ0v) is 9.43. The molecule has 1 aromatic rings. The molecule has 1 aliphatic rings. The summed E-state index contributed by atoms with van der Waals surface area (Å²) in [6.07, 6.45) is 0.862. The molecule has 0 spiro atoms. The monoisotopic (exact) mass is 222 g/mol. The van der Waals surface area contributed by atoms with Gasteiger partial charge in [0.1, 0.15) is 0 Å². The first-order chi connectivity index (χ1) is 7.31. The molecule has 15 heavy (non-hydrogen) atoms. The van der Waals surface area contributed by atoms with Crippen molar-refractivity contribution in [3.05, 3.63) is 24.3 Å². The van der Waals surface area contributed by atoms with Crippen molar-refractivity contribution in [2.75, 3.05) is 18.9 Å². The number of rotatable bonds is 3. The molecule has 80 valence electrons. The van der Waals surface area contributed by atoms with Crippen molar-refractivity contribution in [3.63, 3.8) is 0 Å². The van der Waals surface area contributed by atoms with Crippen molar-refractivity contribution in [3.8, 4) is 0 Å². The van der Waals surface area contributed by atoms with Crippen LogP contribution in [0.15, 0.2) is 29.2 Å². The number of hydrogen-bond donors (Lipinski definition) is 2. The average Bonchev–Trinajstić information content (AvgIpc) is 2.26. The van der Waals surface area contributed by atoms with Crippen molar-refractivity contribution in [2.45, 2.75) is 16.6 Å². The van der Waals surface area contributed by atoms with Crippen molar-refractivity contribution in [1.29, 1.82) is 0 Å². The number of benzene rings is 1. The summed E-state index contributed by atoms with van der Waals surface area (Å²) < 4.78 is 0. The van der Waals surface area contributed by atoms with E-state index in [0.29, 0.717) is 0 Å². The van der Waals surface area contributed by atoms with Gasteiger partial charge >= 0.3 is 0 Å². The molecule has 1 aliphatic heterocycles. The third-order valence-electron chi connectivity index (χ3n) is 2.36. The van der Waals surface area contributed by atoms with Gasteiger partial charge in [-0.25, -0.2) is 0 Å². The lowest BCUT2D eigenvalue weighted by atomic mass is 10.2. The van der Waals surface area contributed by atoms with E-state index in [9.17, 15) is 4.79 Å². The molecule has 0 bridgehead atoms. The third-order valence-corrected chi connectivity index (χ3v) is 3.71. The van der Waals surface area contributed by atoms with Crippen LogP contribution in [-0.2, 0) is 4.79 Å². The topological polar surface area (TPSA) is 41.1 Å². The van der Waals surface area contributed by atoms with Gasteiger partial charge in [-0.05, 0) is 32.1 Å². The van der Waals surface area contributed by atoms with E-state index in [2.05, 4.69) is 10.6 Å². The van der Waals surface area contributed by atoms with Gasteiger partial charge in [0.2, 0.25) is 5.91 Å². The fourth-order valence-electron chi connectivity index (χ4n) is 1.56. The summed E-state index contributed by atoms with van der Waals surface area (Å²) >= 11 is 1.65. The van der Waals surface area contributed by atoms with Crippen LogP contribution in [0.3, 0.4) is 0 Å². The van der Waals surface area contributed by atoms with Gasteiger partial charge in [-0.3, -0.25) is 4.79 Å². The Hall–Kier alpha value is -1.00. The predicted molar refractivity (Wildman–Crippen MR) is 63.3 cm³/mol. The number of amides is 1. The highest BCUT2D eigenvalue weighted by atomic mass is 32.2. The summed E-state index contributed by atoms with van der Waals surface area (Å²) in [5.74, 6) is 0.119. The van der Waals surface area contributed by atoms with Crippen LogP contribution in [0.2, 0.25) is 0 Å². The SMILES string of the molecule is CNCCC1Sc2ccccc2NC1=O. The standard InChI is InChI=1S/C11H14N2OS/c1-12-7-6-10-11(14)13-8-4-2-3-5-9(8)15-10/h2-5,10,12H,6-7H2,1H3,(H,13,14). The van der Waals surface area contributed by atoms with Crippen molar-refractivity contribution in [2.24, 2.45) is 0 Å². The van der Waals surface area contributed by atoms with Crippen molar-refractivity contribution in [1.82, 2.24) is 5.32 Å². The smallest absolute Gasteiger partial charge is 0.237 e. The molecule has 1 atom stereocenters. The summed E-state index contributed by atoms with van der Waals surface area (Å²) in [5.41, 5.74) is 0.938. The Balaban J connectivity index is 2.11. The molecule has 0 aromatic heterocycles. The highest BCUT2D eigenvalue weighted by Crippen LogP contribution is 2.36. The van der Waals surface area contributed by atoms with Crippen molar-refractivity contribution < 1.29 is 4.79 Å². The highest BCUT2D eigenvalue weighted by molar-refractivity contribution is 8.01. The molecule has 1 aromatic carbocycles. The van der Waals surface area contributed by atoms with Crippen LogP contribution >= 0.6 is 11.8 Å². The van der Waals surface area contributed by atoms with E-state index >= 15 is 0 Å². The fraction of sp³-hybridized carbons (Fsp3) is 0.364. The van der Waals surface area contributed by atoms with E-state index in [-0.39, 0.29) is 11.2 Å². The molecule has 2 N–H and O–H groups in total. The summed E-state index contributed by atoms with van der Waals surface area (Å²) in [4.78, 5) is 12.9. The number of para-hydroxylation sites is 1. The number of hydrogen-bond acceptors (Lipinski definition) is 3. The molecule has 0 radical (unpaired) electrons. The van der Waals surface area contributed by atoms with Crippen LogP contribution in [0.25, 0.3) is 0 Å². The average molecular weight is 222 g/mol. The van der Waals surface area contributed by atoms with E-state index in [1.165, 1.54) is 4.90 Å². The molecule has 3 nitrogen and oxygen atoms in total. The van der Waals surface area contributed by atoms with Crippen LogP contribution in [0, 0.1) is 0 Å². The zero-order valence-electron chi connectivity index (χ0n) is 8.62. The molecule has 1 unspecified atom stereocenters. The van der Waals surface area contributed by atoms with Crippen LogP contribution in [0.1, 0.15) is 6.42 Å². The Labute approximate surface area is 93.6 Å². The number of nitrogens with one attached hydrogen (secondary N) is 2. The molecular formula is C11H14N2OS. The normalized spacial score (nSPS) is 19.5. The lowest BCUT2D eigenvalue weighted by molar-refractivity contribution is -0.115. The maximum atomic E-state index is 11.7. The van der Waals surface area contributed by atoms with Gasteiger partial charge < -0.3 is 10.6 Å². The van der Waals surface area contributed by atoms with Gasteiger partial charge in [0.05, 0.1) is 10.9 Å². The zero-order chi connectivity index (χ0) is 10.7. The number of carbonyl (C=O) groups is 1. The first-order valence-electron chi connectivity index (χ1n) is 5.02. The molecule has 1 amide bonds. The van der Waals surface area contributed by atoms with Gasteiger partial charge in [-0.2, -0.15) is 0 Å². The third kappa shape index (κ3) is 2.33. The number of fused-ring (bicyclic) bond motifs is 1. The van der Waals surface area contributed by atoms with Crippen molar-refractivity contribution >= 4 is 23.4 Å². The Morgan fingerprint density at radius 1 is 1.47 bits per heavy atom. The molecule has 0 saturated carbocycles. The predicted octanol–water partition coefficient (Wildman–Crippen LogP) is 1.71. The van der Waals surface area contributed by atoms with Crippen LogP contribution in [-0.4, -0.2) is 24.7 Å². The van der Waals surface area contributed by atoms with E-state index < -0.39 is 0 Å². The Morgan fingerprint density at radius 2 is 2.27 bits per heavy atom. The molecule has 4 heteroatoms. The maximum Gasteiger partial charge on any atom is 0.237 e. The molecule has 0 saturated heterocycles. The lowest BCUT2D eigenvalue weighted by Crippen LogP contribution is -2.31. The van der Waals surface area contributed by atoms with Crippen LogP contribution in [0.5, 0.6) is 0 Å².